The summed E-state index contributed by atoms with van der Waals surface area (Å²) in [4.78, 5) is 0. The van der Waals surface area contributed by atoms with Crippen molar-refractivity contribution in [1.82, 2.24) is 0 Å². The van der Waals surface area contributed by atoms with Crippen LogP contribution < -0.4 is 0 Å². The average Bonchev–Trinajstić information content (AvgIpc) is 2.15. The highest BCUT2D eigenvalue weighted by molar-refractivity contribution is 7.67. The fourth-order valence-corrected chi connectivity index (χ4v) is 1.13. The first-order valence-electron chi connectivity index (χ1n) is 2.68. The molecule has 1 unspecified atom stereocenters. The van der Waals surface area contributed by atoms with Gasteiger partial charge in [-0.15, -0.1) is 0 Å². The van der Waals surface area contributed by atoms with Gasteiger partial charge in [0.25, 0.3) is 11.0 Å². The molecule has 0 saturated carbocycles. The van der Waals surface area contributed by atoms with Gasteiger partial charge in [0, 0.05) is 13.0 Å². The lowest BCUT2D eigenvalue weighted by Crippen LogP contribution is -2.10. The average molecular weight is 152 g/mol. The summed E-state index contributed by atoms with van der Waals surface area (Å²) in [6, 6.07) is 0. The van der Waals surface area contributed by atoms with Crippen LogP contribution in [0.5, 0.6) is 0 Å². The topological polar surface area (TPSA) is 52.6 Å². The van der Waals surface area contributed by atoms with E-state index in [1.807, 2.05) is 0 Å². The van der Waals surface area contributed by atoms with Gasteiger partial charge in [0.05, 0.1) is 6.61 Å². The molecule has 1 aliphatic rings. The van der Waals surface area contributed by atoms with Crippen LogP contribution in [0.25, 0.3) is 0 Å². The minimum atomic E-state index is -2.69. The Morgan fingerprint density at radius 1 is 1.56 bits per heavy atom. The van der Waals surface area contributed by atoms with Gasteiger partial charge in [-0.25, -0.2) is 8.42 Å². The highest BCUT2D eigenvalue weighted by atomic mass is 32.2. The van der Waals surface area contributed by atoms with Crippen LogP contribution in [-0.4, -0.2) is 27.7 Å². The molecule has 0 amide bonds. The third-order valence-corrected chi connectivity index (χ3v) is 1.59. The standard InChI is InChI=1S/C4H8O4S/c5-9(6)8-4-1-2-7-3-4/h4,9H,1-3H2. The van der Waals surface area contributed by atoms with Crippen molar-refractivity contribution in [2.24, 2.45) is 0 Å². The molecule has 0 aromatic heterocycles. The van der Waals surface area contributed by atoms with E-state index < -0.39 is 11.0 Å². The van der Waals surface area contributed by atoms with Crippen molar-refractivity contribution in [3.05, 3.63) is 0 Å². The van der Waals surface area contributed by atoms with Crippen molar-refractivity contribution in [2.75, 3.05) is 13.2 Å². The quantitative estimate of drug-likeness (QED) is 0.532. The summed E-state index contributed by atoms with van der Waals surface area (Å²) in [6.07, 6.45) is 0.453. The van der Waals surface area contributed by atoms with E-state index in [4.69, 9.17) is 4.74 Å². The van der Waals surface area contributed by atoms with Crippen LogP contribution >= 0.6 is 0 Å². The first-order valence-corrected chi connectivity index (χ1v) is 3.77. The Hall–Kier alpha value is -0.130. The van der Waals surface area contributed by atoms with Gasteiger partial charge in [-0.2, -0.15) is 0 Å². The van der Waals surface area contributed by atoms with Gasteiger partial charge in [-0.1, -0.05) is 0 Å². The molecular weight excluding hydrogens is 144 g/mol. The molecule has 0 bridgehead atoms. The Morgan fingerprint density at radius 2 is 2.33 bits per heavy atom. The zero-order chi connectivity index (χ0) is 6.69. The monoisotopic (exact) mass is 152 g/mol. The maximum atomic E-state index is 9.91. The van der Waals surface area contributed by atoms with Crippen molar-refractivity contribution in [3.63, 3.8) is 0 Å². The summed E-state index contributed by atoms with van der Waals surface area (Å²) in [5.74, 6) is 0. The highest BCUT2D eigenvalue weighted by Crippen LogP contribution is 2.07. The van der Waals surface area contributed by atoms with Crippen LogP contribution in [0.2, 0.25) is 0 Å². The van der Waals surface area contributed by atoms with Gasteiger partial charge in [0.2, 0.25) is 0 Å². The fraction of sp³-hybridized carbons (Fsp3) is 1.00. The van der Waals surface area contributed by atoms with Crippen LogP contribution in [0.1, 0.15) is 6.42 Å². The van der Waals surface area contributed by atoms with Crippen molar-refractivity contribution < 1.29 is 17.3 Å². The number of hydrogen-bond donors (Lipinski definition) is 1. The molecule has 54 valence electrons. The second kappa shape index (κ2) is 3.14. The molecule has 1 heterocycles. The predicted octanol–water partition coefficient (Wildman–Crippen LogP) is -0.682. The van der Waals surface area contributed by atoms with Crippen molar-refractivity contribution in [3.8, 4) is 0 Å². The molecule has 1 rings (SSSR count). The fourth-order valence-electron chi connectivity index (χ4n) is 0.718. The van der Waals surface area contributed by atoms with Gasteiger partial charge in [0.1, 0.15) is 6.10 Å². The smallest absolute Gasteiger partial charge is 0.257 e. The number of ether oxygens (including phenoxy) is 1. The molecule has 1 saturated heterocycles. The second-order valence-electron chi connectivity index (χ2n) is 1.81. The van der Waals surface area contributed by atoms with Crippen LogP contribution in [0.15, 0.2) is 0 Å². The minimum Gasteiger partial charge on any atom is -0.379 e. The first kappa shape index (κ1) is 6.98. The van der Waals surface area contributed by atoms with Crippen molar-refractivity contribution >= 4 is 11.0 Å². The van der Waals surface area contributed by atoms with E-state index in [1.165, 1.54) is 0 Å². The molecule has 0 aromatic rings. The molecule has 5 heteroatoms. The van der Waals surface area contributed by atoms with E-state index >= 15 is 0 Å². The molecule has 0 N–H and O–H groups in total. The maximum absolute atomic E-state index is 9.91. The normalized spacial score (nSPS) is 27.4. The molecule has 0 spiro atoms. The molecule has 1 fully saturated rings. The summed E-state index contributed by atoms with van der Waals surface area (Å²) in [5, 5.41) is 0. The Morgan fingerprint density at radius 3 is 2.78 bits per heavy atom. The molecule has 4 nitrogen and oxygen atoms in total. The Labute approximate surface area is 54.9 Å². The van der Waals surface area contributed by atoms with Crippen LogP contribution in [0.3, 0.4) is 0 Å². The van der Waals surface area contributed by atoms with Crippen molar-refractivity contribution in [2.45, 2.75) is 12.5 Å². The van der Waals surface area contributed by atoms with Crippen LogP contribution in [0, 0.1) is 0 Å². The first-order chi connectivity index (χ1) is 4.29. The van der Waals surface area contributed by atoms with Gasteiger partial charge in [0.15, 0.2) is 0 Å². The summed E-state index contributed by atoms with van der Waals surface area (Å²) in [5.41, 5.74) is 0. The molecule has 1 atom stereocenters. The Balaban J connectivity index is 2.27. The Kier molecular flexibility index (Phi) is 2.44. The lowest BCUT2D eigenvalue weighted by molar-refractivity contribution is 0.148. The zero-order valence-corrected chi connectivity index (χ0v) is 5.67. The third-order valence-electron chi connectivity index (χ3n) is 1.12. The van der Waals surface area contributed by atoms with Gasteiger partial charge in [-0.05, 0) is 0 Å². The summed E-state index contributed by atoms with van der Waals surface area (Å²) < 4.78 is 29.1. The van der Waals surface area contributed by atoms with E-state index in [2.05, 4.69) is 4.18 Å². The predicted molar refractivity (Wildman–Crippen MR) is 30.6 cm³/mol. The number of rotatable bonds is 2. The zero-order valence-electron chi connectivity index (χ0n) is 4.78. The summed E-state index contributed by atoms with van der Waals surface area (Å²) >= 11 is 0. The van der Waals surface area contributed by atoms with Crippen LogP contribution in [0.4, 0.5) is 0 Å². The van der Waals surface area contributed by atoms with E-state index in [9.17, 15) is 8.42 Å². The minimum absolute atomic E-state index is 0.230. The lowest BCUT2D eigenvalue weighted by atomic mass is 10.3. The summed E-state index contributed by atoms with van der Waals surface area (Å²) in [6.45, 7) is 1.01. The molecule has 0 radical (unpaired) electrons. The maximum Gasteiger partial charge on any atom is 0.257 e. The molecule has 1 aliphatic heterocycles. The van der Waals surface area contributed by atoms with E-state index in [1.54, 1.807) is 0 Å². The van der Waals surface area contributed by atoms with Gasteiger partial charge < -0.3 is 4.74 Å². The van der Waals surface area contributed by atoms with Crippen molar-refractivity contribution in [1.29, 1.82) is 0 Å². The van der Waals surface area contributed by atoms with E-state index in [0.717, 1.165) is 0 Å². The second-order valence-corrected chi connectivity index (χ2v) is 2.47. The molecule has 0 aromatic carbocycles. The highest BCUT2D eigenvalue weighted by Gasteiger charge is 2.16. The van der Waals surface area contributed by atoms with Gasteiger partial charge >= 0.3 is 0 Å². The lowest BCUT2D eigenvalue weighted by Gasteiger charge is -1.99. The number of thiol groups is 1. The Bertz CT molecular complexity index is 139. The number of hydrogen-bond acceptors (Lipinski definition) is 4. The largest absolute Gasteiger partial charge is 0.379 e. The summed E-state index contributed by atoms with van der Waals surface area (Å²) in [7, 11) is -2.69. The molecule has 0 aliphatic carbocycles. The molecule has 9 heavy (non-hydrogen) atoms. The van der Waals surface area contributed by atoms with Gasteiger partial charge in [-0.3, -0.25) is 4.18 Å². The third kappa shape index (κ3) is 2.30. The van der Waals surface area contributed by atoms with Crippen LogP contribution in [-0.2, 0) is 19.9 Å². The molecular formula is C4H8O4S. The van der Waals surface area contributed by atoms with E-state index in [0.29, 0.717) is 19.6 Å². The SMILES string of the molecule is O=[SH](=O)OC1CCOC1. The van der Waals surface area contributed by atoms with E-state index in [-0.39, 0.29) is 6.10 Å².